The normalized spacial score (nSPS) is 18.0. The lowest BCUT2D eigenvalue weighted by atomic mass is 9.70. The van der Waals surface area contributed by atoms with Crippen LogP contribution in [0.5, 0.6) is 0 Å². The van der Waals surface area contributed by atoms with Crippen LogP contribution in [0.15, 0.2) is 18.2 Å². The number of aryl methyl sites for hydroxylation is 1. The minimum absolute atomic E-state index is 0.00509. The third-order valence-corrected chi connectivity index (χ3v) is 6.27. The van der Waals surface area contributed by atoms with Crippen LogP contribution in [0.1, 0.15) is 60.0 Å². The van der Waals surface area contributed by atoms with Crippen LogP contribution < -0.4 is 10.2 Å². The molecule has 1 aromatic heterocycles. The van der Waals surface area contributed by atoms with Crippen LogP contribution >= 0.6 is 11.3 Å². The van der Waals surface area contributed by atoms with Gasteiger partial charge in [-0.3, -0.25) is 14.9 Å². The molecule has 1 aromatic carbocycles. The van der Waals surface area contributed by atoms with Crippen LogP contribution in [0, 0.1) is 6.92 Å². The Balaban J connectivity index is 1.68. The average Bonchev–Trinajstić information content (AvgIpc) is 3.17. The zero-order valence-corrected chi connectivity index (χ0v) is 15.9. The number of carbonyl (C=O) groups excluding carboxylic acids is 2. The van der Waals surface area contributed by atoms with Crippen molar-refractivity contribution >= 4 is 34.0 Å². The minimum atomic E-state index is -0.184. The zero-order chi connectivity index (χ0) is 18.3. The number of carbonyl (C=O) groups is 2. The molecule has 0 saturated heterocycles. The Morgan fingerprint density at radius 2 is 1.96 bits per heavy atom. The van der Waals surface area contributed by atoms with Gasteiger partial charge in [-0.2, -0.15) is 0 Å². The number of anilines is 2. The van der Waals surface area contributed by atoms with E-state index >= 15 is 0 Å². The summed E-state index contributed by atoms with van der Waals surface area (Å²) in [5.74, 6) is -0.119. The number of hydrogen-bond donors (Lipinski definition) is 1. The smallest absolute Gasteiger partial charge is 0.257 e. The average molecular weight is 370 g/mol. The molecule has 26 heavy (non-hydrogen) atoms. The van der Waals surface area contributed by atoms with Crippen molar-refractivity contribution in [2.24, 2.45) is 0 Å². The Hall–Kier alpha value is -2.28. The maximum Gasteiger partial charge on any atom is 0.257 e. The third kappa shape index (κ3) is 2.90. The summed E-state index contributed by atoms with van der Waals surface area (Å²) < 4.78 is 0. The van der Waals surface area contributed by atoms with Gasteiger partial charge in [-0.1, -0.05) is 30.6 Å². The predicted molar refractivity (Wildman–Crippen MR) is 102 cm³/mol. The van der Waals surface area contributed by atoms with Gasteiger partial charge in [0.15, 0.2) is 0 Å². The van der Waals surface area contributed by atoms with E-state index in [2.05, 4.69) is 15.5 Å². The maximum absolute atomic E-state index is 12.7. The van der Waals surface area contributed by atoms with Gasteiger partial charge in [-0.15, -0.1) is 10.2 Å². The summed E-state index contributed by atoms with van der Waals surface area (Å²) in [5, 5.41) is 12.0. The zero-order valence-electron chi connectivity index (χ0n) is 15.0. The molecule has 1 aliphatic carbocycles. The fourth-order valence-electron chi connectivity index (χ4n) is 4.26. The number of aromatic nitrogens is 2. The largest absolute Gasteiger partial charge is 0.311 e. The molecule has 136 valence electrons. The highest BCUT2D eigenvalue weighted by Gasteiger charge is 2.44. The van der Waals surface area contributed by atoms with Crippen molar-refractivity contribution in [2.45, 2.75) is 51.4 Å². The van der Waals surface area contributed by atoms with Gasteiger partial charge in [0.1, 0.15) is 5.01 Å². The molecule has 7 heteroatoms. The quantitative estimate of drug-likeness (QED) is 0.875. The number of amides is 2. The molecule has 0 bridgehead atoms. The van der Waals surface area contributed by atoms with Gasteiger partial charge in [-0.05, 0) is 43.5 Å². The highest BCUT2D eigenvalue weighted by atomic mass is 32.1. The molecule has 2 heterocycles. The van der Waals surface area contributed by atoms with Crippen molar-refractivity contribution in [2.75, 3.05) is 16.8 Å². The molecule has 0 unspecified atom stereocenters. The van der Waals surface area contributed by atoms with Crippen molar-refractivity contribution < 1.29 is 9.59 Å². The third-order valence-electron chi connectivity index (χ3n) is 5.52. The van der Waals surface area contributed by atoms with E-state index in [1.54, 1.807) is 13.0 Å². The monoisotopic (exact) mass is 370 g/mol. The standard InChI is InChI=1S/C19H22N4O2S/c1-12-21-22-18(26-12)20-17(25)14-6-7-16-15(10-14)19(8-4-3-5-9-19)11-23(16)13(2)24/h6-7,10H,3-5,8-9,11H2,1-2H3,(H,20,22,25). The molecule has 4 rings (SSSR count). The van der Waals surface area contributed by atoms with Crippen LogP contribution in [0.25, 0.3) is 0 Å². The first-order valence-electron chi connectivity index (χ1n) is 9.03. The number of rotatable bonds is 2. The number of nitrogens with zero attached hydrogens (tertiary/aromatic N) is 3. The van der Waals surface area contributed by atoms with E-state index in [1.807, 2.05) is 24.0 Å². The number of hydrogen-bond acceptors (Lipinski definition) is 5. The molecule has 1 saturated carbocycles. The molecule has 1 fully saturated rings. The molecule has 0 radical (unpaired) electrons. The fraction of sp³-hybridized carbons (Fsp3) is 0.474. The van der Waals surface area contributed by atoms with Crippen molar-refractivity contribution in [3.63, 3.8) is 0 Å². The van der Waals surface area contributed by atoms with Crippen LogP contribution in [-0.2, 0) is 10.2 Å². The Morgan fingerprint density at radius 3 is 2.62 bits per heavy atom. The van der Waals surface area contributed by atoms with Gasteiger partial charge in [0.25, 0.3) is 5.91 Å². The first kappa shape index (κ1) is 17.1. The second kappa shape index (κ2) is 6.46. The van der Waals surface area contributed by atoms with Crippen LogP contribution in [0.3, 0.4) is 0 Å². The Bertz CT molecular complexity index is 870. The lowest BCUT2D eigenvalue weighted by Crippen LogP contribution is -2.37. The molecular formula is C19H22N4O2S. The summed E-state index contributed by atoms with van der Waals surface area (Å²) in [5.41, 5.74) is 2.71. The highest BCUT2D eigenvalue weighted by Crippen LogP contribution is 2.49. The summed E-state index contributed by atoms with van der Waals surface area (Å²) >= 11 is 1.35. The van der Waals surface area contributed by atoms with E-state index in [1.165, 1.54) is 30.6 Å². The van der Waals surface area contributed by atoms with E-state index in [-0.39, 0.29) is 17.2 Å². The fourth-order valence-corrected chi connectivity index (χ4v) is 4.85. The molecule has 6 nitrogen and oxygen atoms in total. The van der Waals surface area contributed by atoms with Crippen molar-refractivity contribution in [1.82, 2.24) is 10.2 Å². The van der Waals surface area contributed by atoms with E-state index < -0.39 is 0 Å². The number of fused-ring (bicyclic) bond motifs is 2. The molecule has 1 spiro atoms. The highest BCUT2D eigenvalue weighted by molar-refractivity contribution is 7.15. The molecule has 0 atom stereocenters. The van der Waals surface area contributed by atoms with Crippen molar-refractivity contribution in [3.05, 3.63) is 34.3 Å². The maximum atomic E-state index is 12.7. The molecule has 1 aliphatic heterocycles. The second-order valence-corrected chi connectivity index (χ2v) is 8.44. The van der Waals surface area contributed by atoms with Gasteiger partial charge < -0.3 is 4.90 Å². The van der Waals surface area contributed by atoms with E-state index in [0.29, 0.717) is 10.7 Å². The second-order valence-electron chi connectivity index (χ2n) is 7.26. The topological polar surface area (TPSA) is 75.2 Å². The van der Waals surface area contributed by atoms with Crippen LogP contribution in [0.4, 0.5) is 10.8 Å². The number of benzene rings is 1. The van der Waals surface area contributed by atoms with Crippen LogP contribution in [-0.4, -0.2) is 28.6 Å². The van der Waals surface area contributed by atoms with Crippen molar-refractivity contribution in [1.29, 1.82) is 0 Å². The molecule has 2 aliphatic rings. The van der Waals surface area contributed by atoms with Gasteiger partial charge in [0, 0.05) is 30.1 Å². The first-order valence-corrected chi connectivity index (χ1v) is 9.84. The molecule has 2 amide bonds. The van der Waals surface area contributed by atoms with Gasteiger partial charge in [-0.25, -0.2) is 0 Å². The van der Waals surface area contributed by atoms with Crippen LogP contribution in [0.2, 0.25) is 0 Å². The van der Waals surface area contributed by atoms with Crippen molar-refractivity contribution in [3.8, 4) is 0 Å². The van der Waals surface area contributed by atoms with E-state index in [9.17, 15) is 9.59 Å². The summed E-state index contributed by atoms with van der Waals surface area (Å²) in [6, 6.07) is 5.69. The van der Waals surface area contributed by atoms with Gasteiger partial charge >= 0.3 is 0 Å². The lowest BCUT2D eigenvalue weighted by Gasteiger charge is -2.34. The Morgan fingerprint density at radius 1 is 1.19 bits per heavy atom. The summed E-state index contributed by atoms with van der Waals surface area (Å²) in [7, 11) is 0. The molecular weight excluding hydrogens is 348 g/mol. The first-order chi connectivity index (χ1) is 12.5. The van der Waals surface area contributed by atoms with Gasteiger partial charge in [0.2, 0.25) is 11.0 Å². The SMILES string of the molecule is CC(=O)N1CC2(CCCCC2)c2cc(C(=O)Nc3nnc(C)s3)ccc21. The Kier molecular flexibility index (Phi) is 4.26. The molecule has 2 aromatic rings. The van der Waals surface area contributed by atoms with Gasteiger partial charge in [0.05, 0.1) is 0 Å². The summed E-state index contributed by atoms with van der Waals surface area (Å²) in [4.78, 5) is 26.7. The Labute approximate surface area is 156 Å². The number of nitrogens with one attached hydrogen (secondary N) is 1. The summed E-state index contributed by atoms with van der Waals surface area (Å²) in [6.07, 6.45) is 5.74. The van der Waals surface area contributed by atoms with E-state index in [4.69, 9.17) is 0 Å². The molecule has 1 N–H and O–H groups in total. The predicted octanol–water partition coefficient (Wildman–Crippen LogP) is 3.67. The lowest BCUT2D eigenvalue weighted by molar-refractivity contribution is -0.116. The minimum Gasteiger partial charge on any atom is -0.311 e. The van der Waals surface area contributed by atoms with E-state index in [0.717, 1.165) is 35.6 Å². The summed E-state index contributed by atoms with van der Waals surface area (Å²) in [6.45, 7) is 4.20.